The number of aliphatic hydroxyl groups excluding tert-OH is 1. The van der Waals surface area contributed by atoms with E-state index in [9.17, 15) is 9.90 Å². The molecule has 0 radical (unpaired) electrons. The minimum Gasteiger partial charge on any atom is -0.393 e. The zero-order valence-corrected chi connectivity index (χ0v) is 20.4. The van der Waals surface area contributed by atoms with Crippen molar-refractivity contribution in [3.63, 3.8) is 0 Å². The molecule has 0 aromatic heterocycles. The van der Waals surface area contributed by atoms with E-state index in [0.717, 1.165) is 25.7 Å². The highest BCUT2D eigenvalue weighted by atomic mass is 16.3. The monoisotopic (exact) mass is 414 g/mol. The summed E-state index contributed by atoms with van der Waals surface area (Å²) in [5, 5.41) is 10.2. The maximum Gasteiger partial charge on any atom is 0.137 e. The summed E-state index contributed by atoms with van der Waals surface area (Å²) in [6, 6.07) is 0. The fourth-order valence-electron chi connectivity index (χ4n) is 8.66. The highest BCUT2D eigenvalue weighted by Gasteiger charge is 2.63. The molecule has 0 aromatic rings. The Morgan fingerprint density at radius 2 is 1.70 bits per heavy atom. The van der Waals surface area contributed by atoms with Crippen molar-refractivity contribution in [2.45, 2.75) is 99.0 Å². The third-order valence-electron chi connectivity index (χ3n) is 10.8. The van der Waals surface area contributed by atoms with E-state index in [1.54, 1.807) is 0 Å². The predicted molar refractivity (Wildman–Crippen MR) is 124 cm³/mol. The number of fused-ring (bicyclic) bond motifs is 5. The van der Waals surface area contributed by atoms with E-state index >= 15 is 0 Å². The molecule has 0 amide bonds. The van der Waals surface area contributed by atoms with Gasteiger partial charge in [0, 0.05) is 12.3 Å². The molecule has 4 saturated carbocycles. The molecule has 0 heterocycles. The largest absolute Gasteiger partial charge is 0.393 e. The first kappa shape index (κ1) is 22.6. The maximum atomic E-state index is 13.8. The summed E-state index contributed by atoms with van der Waals surface area (Å²) >= 11 is 0. The Bertz CT molecular complexity index is 680. The number of carbonyl (C=O) groups excluding carboxylic acids is 1. The molecule has 0 bridgehead atoms. The highest BCUT2D eigenvalue weighted by Crippen LogP contribution is 2.67. The zero-order chi connectivity index (χ0) is 21.8. The second-order valence-corrected chi connectivity index (χ2v) is 12.6. The van der Waals surface area contributed by atoms with Crippen molar-refractivity contribution in [3.05, 3.63) is 12.2 Å². The summed E-state index contributed by atoms with van der Waals surface area (Å²) in [5.74, 6) is 5.18. The van der Waals surface area contributed by atoms with Crippen molar-refractivity contribution in [2.24, 2.45) is 58.2 Å². The van der Waals surface area contributed by atoms with Gasteiger partial charge in [-0.3, -0.25) is 4.79 Å². The van der Waals surface area contributed by atoms with Crippen LogP contribution in [0.5, 0.6) is 0 Å². The van der Waals surface area contributed by atoms with E-state index in [1.807, 2.05) is 0 Å². The molecular formula is C28H46O2. The smallest absolute Gasteiger partial charge is 0.137 e. The molecule has 2 heteroatoms. The minimum atomic E-state index is -0.139. The summed E-state index contributed by atoms with van der Waals surface area (Å²) in [4.78, 5) is 13.8. The van der Waals surface area contributed by atoms with Crippen molar-refractivity contribution in [2.75, 3.05) is 0 Å². The van der Waals surface area contributed by atoms with Crippen LogP contribution in [0.3, 0.4) is 0 Å². The third-order valence-corrected chi connectivity index (χ3v) is 10.8. The number of hydrogen-bond acceptors (Lipinski definition) is 2. The molecule has 0 saturated heterocycles. The van der Waals surface area contributed by atoms with Gasteiger partial charge in [-0.2, -0.15) is 0 Å². The average molecular weight is 415 g/mol. The van der Waals surface area contributed by atoms with E-state index in [4.69, 9.17) is 0 Å². The lowest BCUT2D eigenvalue weighted by Crippen LogP contribution is -2.57. The summed E-state index contributed by atoms with van der Waals surface area (Å²) in [6.45, 7) is 14.2. The van der Waals surface area contributed by atoms with E-state index < -0.39 is 0 Å². The second-order valence-electron chi connectivity index (χ2n) is 12.6. The van der Waals surface area contributed by atoms with Crippen molar-refractivity contribution < 1.29 is 9.90 Å². The molecule has 4 rings (SSSR count). The second kappa shape index (κ2) is 8.05. The normalized spacial score (nSPS) is 48.3. The Hall–Kier alpha value is -0.630. The molecule has 0 spiro atoms. The first-order chi connectivity index (χ1) is 14.1. The van der Waals surface area contributed by atoms with E-state index in [2.05, 4.69) is 53.7 Å². The van der Waals surface area contributed by atoms with Gasteiger partial charge in [0.25, 0.3) is 0 Å². The van der Waals surface area contributed by atoms with E-state index in [0.29, 0.717) is 47.2 Å². The van der Waals surface area contributed by atoms with Crippen LogP contribution >= 0.6 is 0 Å². The maximum absolute atomic E-state index is 13.8. The quantitative estimate of drug-likeness (QED) is 0.522. The van der Waals surface area contributed by atoms with Crippen molar-refractivity contribution >= 4 is 5.78 Å². The molecule has 0 aliphatic heterocycles. The molecule has 10 atom stereocenters. The van der Waals surface area contributed by atoms with Crippen LogP contribution in [-0.2, 0) is 4.79 Å². The number of rotatable bonds is 4. The zero-order valence-electron chi connectivity index (χ0n) is 20.4. The van der Waals surface area contributed by atoms with Crippen LogP contribution in [0.1, 0.15) is 92.9 Å². The predicted octanol–water partition coefficient (Wildman–Crippen LogP) is 6.67. The van der Waals surface area contributed by atoms with Crippen LogP contribution in [0.15, 0.2) is 12.2 Å². The molecular weight excluding hydrogens is 368 g/mol. The summed E-state index contributed by atoms with van der Waals surface area (Å²) < 4.78 is 0. The van der Waals surface area contributed by atoms with Gasteiger partial charge >= 0.3 is 0 Å². The Morgan fingerprint density at radius 3 is 2.40 bits per heavy atom. The highest BCUT2D eigenvalue weighted by molar-refractivity contribution is 5.84. The molecule has 4 fully saturated rings. The molecule has 2 nitrogen and oxygen atoms in total. The lowest BCUT2D eigenvalue weighted by Gasteiger charge is -2.60. The van der Waals surface area contributed by atoms with Gasteiger partial charge in [0.05, 0.1) is 6.10 Å². The van der Waals surface area contributed by atoms with Gasteiger partial charge in [-0.1, -0.05) is 53.7 Å². The number of hydrogen-bond donors (Lipinski definition) is 1. The number of allylic oxidation sites excluding steroid dienone is 2. The number of Topliss-reactive ketones (excluding diaryl/α,β-unsaturated/α-hetero) is 1. The molecule has 0 aromatic carbocycles. The lowest BCUT2D eigenvalue weighted by molar-refractivity contribution is -0.162. The van der Waals surface area contributed by atoms with Crippen molar-refractivity contribution in [3.8, 4) is 0 Å². The Labute approximate surface area is 185 Å². The van der Waals surface area contributed by atoms with Gasteiger partial charge < -0.3 is 5.11 Å². The minimum absolute atomic E-state index is 0.136. The molecule has 170 valence electrons. The van der Waals surface area contributed by atoms with Gasteiger partial charge in [0.15, 0.2) is 0 Å². The molecule has 30 heavy (non-hydrogen) atoms. The van der Waals surface area contributed by atoms with Gasteiger partial charge in [-0.25, -0.2) is 0 Å². The third kappa shape index (κ3) is 3.54. The first-order valence-electron chi connectivity index (χ1n) is 13.0. The fourth-order valence-corrected chi connectivity index (χ4v) is 8.66. The number of aliphatic hydroxyl groups is 1. The first-order valence-corrected chi connectivity index (χ1v) is 13.0. The van der Waals surface area contributed by atoms with E-state index in [-0.39, 0.29) is 22.9 Å². The van der Waals surface area contributed by atoms with Gasteiger partial charge in [-0.15, -0.1) is 0 Å². The Morgan fingerprint density at radius 1 is 0.967 bits per heavy atom. The van der Waals surface area contributed by atoms with Gasteiger partial charge in [-0.05, 0) is 97.2 Å². The molecule has 4 aliphatic rings. The van der Waals surface area contributed by atoms with Crippen LogP contribution in [0.4, 0.5) is 0 Å². The van der Waals surface area contributed by atoms with Gasteiger partial charge in [0.1, 0.15) is 5.78 Å². The average Bonchev–Trinajstić information content (AvgIpc) is 3.02. The van der Waals surface area contributed by atoms with Crippen LogP contribution in [0, 0.1) is 58.2 Å². The van der Waals surface area contributed by atoms with Crippen molar-refractivity contribution in [1.82, 2.24) is 0 Å². The van der Waals surface area contributed by atoms with Crippen LogP contribution in [-0.4, -0.2) is 17.0 Å². The SMILES string of the molecule is CC(C)[C@@H](C)/C=C/[C@@H](C)[C@@H]1CC[C@@H]2[C@@H]3CC[C@H]4C[C@H](O)CC[C@]4(C)[C@H]3C(=O)C[C@]21C. The summed E-state index contributed by atoms with van der Waals surface area (Å²) in [7, 11) is 0. The fraction of sp³-hybridized carbons (Fsp3) is 0.893. The van der Waals surface area contributed by atoms with E-state index in [1.165, 1.54) is 25.7 Å². The Kier molecular flexibility index (Phi) is 6.06. The Balaban J connectivity index is 1.56. The number of carbonyl (C=O) groups is 1. The van der Waals surface area contributed by atoms with Crippen LogP contribution in [0.2, 0.25) is 0 Å². The summed E-state index contributed by atoms with van der Waals surface area (Å²) in [5.41, 5.74) is 0.317. The molecule has 4 aliphatic carbocycles. The topological polar surface area (TPSA) is 37.3 Å². The van der Waals surface area contributed by atoms with Gasteiger partial charge in [0.2, 0.25) is 0 Å². The van der Waals surface area contributed by atoms with Crippen LogP contribution < -0.4 is 0 Å². The molecule has 1 N–H and O–H groups in total. The standard InChI is InChI=1S/C28H46O2/c1-17(2)18(3)7-8-19(4)23-11-12-24-22-10-9-20-15-21(29)13-14-27(20,5)26(22)25(30)16-28(23,24)6/h7-8,17-24,26,29H,9-16H2,1-6H3/b8-7+/t18-,19+,20-,21+,22-,23-,24+,26+,27-,28-/m0/s1. The van der Waals surface area contributed by atoms with Crippen LogP contribution in [0.25, 0.3) is 0 Å². The molecule has 0 unspecified atom stereocenters. The number of ketones is 1. The lowest BCUT2D eigenvalue weighted by atomic mass is 9.44. The van der Waals surface area contributed by atoms with Crippen molar-refractivity contribution in [1.29, 1.82) is 0 Å². The summed E-state index contributed by atoms with van der Waals surface area (Å²) in [6.07, 6.45) is 13.5.